The number of sulfone groups is 1. The predicted octanol–water partition coefficient (Wildman–Crippen LogP) is 1.71. The molecule has 5 nitrogen and oxygen atoms in total. The average molecular weight is 283 g/mol. The van der Waals surface area contributed by atoms with Crippen LogP contribution >= 0.6 is 11.3 Å². The molecule has 0 aliphatic carbocycles. The lowest BCUT2D eigenvalue weighted by Gasteiger charge is -2.03. The van der Waals surface area contributed by atoms with Gasteiger partial charge >= 0.3 is 0 Å². The van der Waals surface area contributed by atoms with Gasteiger partial charge in [-0.25, -0.2) is 18.4 Å². The number of aromatic nitrogens is 2. The van der Waals surface area contributed by atoms with Crippen LogP contribution < -0.4 is 5.73 Å². The van der Waals surface area contributed by atoms with Gasteiger partial charge in [0.25, 0.3) is 0 Å². The zero-order valence-electron chi connectivity index (χ0n) is 10.0. The maximum absolute atomic E-state index is 12.2. The Bertz CT molecular complexity index is 658. The maximum Gasteiger partial charge on any atom is 0.204 e. The molecule has 18 heavy (non-hydrogen) atoms. The lowest BCUT2D eigenvalue weighted by Crippen LogP contribution is -2.09. The molecule has 0 amide bonds. The summed E-state index contributed by atoms with van der Waals surface area (Å²) < 4.78 is 24.3. The van der Waals surface area contributed by atoms with Crippen LogP contribution in [0.4, 0.5) is 5.69 Å². The number of thiazole rings is 1. The van der Waals surface area contributed by atoms with Gasteiger partial charge in [-0.2, -0.15) is 0 Å². The molecule has 2 aromatic heterocycles. The van der Waals surface area contributed by atoms with Gasteiger partial charge in [0.2, 0.25) is 9.84 Å². The second kappa shape index (κ2) is 4.66. The standard InChI is InChI=1S/C11H13N3O2S2/c1-7-8(2)17-10(14-7)6-18(15,16)11-9(12)4-3-5-13-11/h3-5H,6,12H2,1-2H3. The molecular formula is C11H13N3O2S2. The molecule has 0 atom stereocenters. The van der Waals surface area contributed by atoms with Crippen molar-refractivity contribution >= 4 is 26.9 Å². The van der Waals surface area contributed by atoms with Crippen molar-refractivity contribution in [2.45, 2.75) is 24.6 Å². The van der Waals surface area contributed by atoms with E-state index < -0.39 is 9.84 Å². The van der Waals surface area contributed by atoms with Gasteiger partial charge in [-0.3, -0.25) is 0 Å². The fraction of sp³-hybridized carbons (Fsp3) is 0.273. The molecule has 0 aliphatic rings. The highest BCUT2D eigenvalue weighted by Gasteiger charge is 2.21. The normalized spacial score (nSPS) is 11.7. The van der Waals surface area contributed by atoms with Gasteiger partial charge in [0, 0.05) is 11.1 Å². The van der Waals surface area contributed by atoms with E-state index in [0.29, 0.717) is 5.01 Å². The average Bonchev–Trinajstić information content (AvgIpc) is 2.57. The minimum Gasteiger partial charge on any atom is -0.396 e. The first-order chi connectivity index (χ1) is 8.40. The number of rotatable bonds is 3. The van der Waals surface area contributed by atoms with Crippen LogP contribution in [-0.4, -0.2) is 18.4 Å². The number of hydrogen-bond acceptors (Lipinski definition) is 6. The van der Waals surface area contributed by atoms with E-state index in [1.165, 1.54) is 23.6 Å². The molecule has 2 N–H and O–H groups in total. The number of aryl methyl sites for hydroxylation is 2. The lowest BCUT2D eigenvalue weighted by molar-refractivity contribution is 0.592. The minimum atomic E-state index is -3.54. The fourth-order valence-electron chi connectivity index (χ4n) is 1.49. The highest BCUT2D eigenvalue weighted by molar-refractivity contribution is 7.90. The van der Waals surface area contributed by atoms with Crippen LogP contribution in [0.2, 0.25) is 0 Å². The molecule has 2 rings (SSSR count). The first-order valence-corrected chi connectivity index (χ1v) is 7.73. The summed E-state index contributed by atoms with van der Waals surface area (Å²) in [4.78, 5) is 9.08. The molecule has 0 aliphatic heterocycles. The molecule has 0 aromatic carbocycles. The van der Waals surface area contributed by atoms with Gasteiger partial charge in [0.05, 0.1) is 11.4 Å². The highest BCUT2D eigenvalue weighted by atomic mass is 32.2. The first-order valence-electron chi connectivity index (χ1n) is 5.26. The monoisotopic (exact) mass is 283 g/mol. The van der Waals surface area contributed by atoms with Gasteiger partial charge in [-0.05, 0) is 26.0 Å². The molecule has 0 unspecified atom stereocenters. The molecule has 96 valence electrons. The van der Waals surface area contributed by atoms with Crippen LogP contribution in [0.5, 0.6) is 0 Å². The first kappa shape index (κ1) is 13.0. The molecule has 0 fully saturated rings. The smallest absolute Gasteiger partial charge is 0.204 e. The fourth-order valence-corrected chi connectivity index (χ4v) is 4.10. The van der Waals surface area contributed by atoms with E-state index >= 15 is 0 Å². The summed E-state index contributed by atoms with van der Waals surface area (Å²) in [6.45, 7) is 3.77. The summed E-state index contributed by atoms with van der Waals surface area (Å²) in [5, 5.41) is 0.491. The zero-order valence-corrected chi connectivity index (χ0v) is 11.7. The predicted molar refractivity (Wildman–Crippen MR) is 71.1 cm³/mol. The van der Waals surface area contributed by atoms with Gasteiger partial charge in [-0.1, -0.05) is 0 Å². The SMILES string of the molecule is Cc1nc(CS(=O)(=O)c2ncccc2N)sc1C. The summed E-state index contributed by atoms with van der Waals surface area (Å²) in [5.41, 5.74) is 6.67. The quantitative estimate of drug-likeness (QED) is 0.926. The van der Waals surface area contributed by atoms with E-state index in [-0.39, 0.29) is 16.5 Å². The summed E-state index contributed by atoms with van der Waals surface area (Å²) in [6.07, 6.45) is 1.42. The third-order valence-electron chi connectivity index (χ3n) is 2.48. The van der Waals surface area contributed by atoms with Crippen molar-refractivity contribution in [3.8, 4) is 0 Å². The molecular weight excluding hydrogens is 270 g/mol. The largest absolute Gasteiger partial charge is 0.396 e. The summed E-state index contributed by atoms with van der Waals surface area (Å²) in [5.74, 6) is -0.159. The Hall–Kier alpha value is -1.47. The lowest BCUT2D eigenvalue weighted by atomic mass is 10.4. The third kappa shape index (κ3) is 2.51. The van der Waals surface area contributed by atoms with Crippen LogP contribution in [0.25, 0.3) is 0 Å². The molecule has 0 spiro atoms. The third-order valence-corrected chi connectivity index (χ3v) is 5.32. The Balaban J connectivity index is 2.36. The summed E-state index contributed by atoms with van der Waals surface area (Å²) in [6, 6.07) is 3.13. The molecule has 0 radical (unpaired) electrons. The second-order valence-corrected chi connectivity index (χ2v) is 7.10. The van der Waals surface area contributed by atoms with Crippen molar-refractivity contribution in [3.05, 3.63) is 33.9 Å². The van der Waals surface area contributed by atoms with Crippen LogP contribution in [0, 0.1) is 13.8 Å². The van der Waals surface area contributed by atoms with Gasteiger partial charge in [0.1, 0.15) is 10.8 Å². The van der Waals surface area contributed by atoms with Crippen molar-refractivity contribution in [2.24, 2.45) is 0 Å². The van der Waals surface area contributed by atoms with Gasteiger partial charge in [-0.15, -0.1) is 11.3 Å². The molecule has 0 saturated carbocycles. The number of nitrogens with zero attached hydrogens (tertiary/aromatic N) is 2. The molecule has 7 heteroatoms. The number of nitrogen functional groups attached to an aromatic ring is 1. The Labute approximate surface area is 110 Å². The second-order valence-electron chi connectivity index (χ2n) is 3.91. The Morgan fingerprint density at radius 2 is 2.11 bits per heavy atom. The van der Waals surface area contributed by atoms with Crippen LogP contribution in [0.1, 0.15) is 15.6 Å². The van der Waals surface area contributed by atoms with Crippen molar-refractivity contribution < 1.29 is 8.42 Å². The van der Waals surface area contributed by atoms with E-state index in [4.69, 9.17) is 5.73 Å². The minimum absolute atomic E-state index is 0.0736. The van der Waals surface area contributed by atoms with E-state index in [2.05, 4.69) is 9.97 Å². The molecule has 2 heterocycles. The number of anilines is 1. The van der Waals surface area contributed by atoms with Gasteiger partial charge in [0.15, 0.2) is 5.03 Å². The van der Waals surface area contributed by atoms with E-state index in [9.17, 15) is 8.42 Å². The Morgan fingerprint density at radius 3 is 2.67 bits per heavy atom. The Morgan fingerprint density at radius 1 is 1.39 bits per heavy atom. The summed E-state index contributed by atoms with van der Waals surface area (Å²) >= 11 is 1.38. The molecule has 0 saturated heterocycles. The van der Waals surface area contributed by atoms with Crippen molar-refractivity contribution in [2.75, 3.05) is 5.73 Å². The maximum atomic E-state index is 12.2. The summed E-state index contributed by atoms with van der Waals surface area (Å²) in [7, 11) is -3.54. The topological polar surface area (TPSA) is 85.9 Å². The van der Waals surface area contributed by atoms with Crippen molar-refractivity contribution in [1.82, 2.24) is 9.97 Å². The molecule has 2 aromatic rings. The van der Waals surface area contributed by atoms with Gasteiger partial charge < -0.3 is 5.73 Å². The Kier molecular flexibility index (Phi) is 3.36. The van der Waals surface area contributed by atoms with E-state index in [1.807, 2.05) is 13.8 Å². The number of pyridine rings is 1. The number of nitrogens with two attached hydrogens (primary N) is 1. The van der Waals surface area contributed by atoms with Crippen LogP contribution in [0.15, 0.2) is 23.4 Å². The molecule has 0 bridgehead atoms. The van der Waals surface area contributed by atoms with E-state index in [1.54, 1.807) is 6.07 Å². The number of hydrogen-bond donors (Lipinski definition) is 1. The van der Waals surface area contributed by atoms with E-state index in [0.717, 1.165) is 10.6 Å². The van der Waals surface area contributed by atoms with Crippen LogP contribution in [0.3, 0.4) is 0 Å². The zero-order chi connectivity index (χ0) is 13.3. The highest BCUT2D eigenvalue weighted by Crippen LogP contribution is 2.23. The van der Waals surface area contributed by atoms with Crippen molar-refractivity contribution in [3.63, 3.8) is 0 Å². The van der Waals surface area contributed by atoms with Crippen molar-refractivity contribution in [1.29, 1.82) is 0 Å². The van der Waals surface area contributed by atoms with Crippen LogP contribution in [-0.2, 0) is 15.6 Å².